The molecule has 166 valence electrons. The second-order valence-corrected chi connectivity index (χ2v) is 6.78. The lowest BCUT2D eigenvalue weighted by molar-refractivity contribution is -0.116. The zero-order valence-electron chi connectivity index (χ0n) is 17.8. The Balaban J connectivity index is 1.56. The smallest absolute Gasteiger partial charge is 0.373 e. The molecule has 0 fully saturated rings. The van der Waals surface area contributed by atoms with Crippen molar-refractivity contribution in [2.24, 2.45) is 0 Å². The van der Waals surface area contributed by atoms with Crippen molar-refractivity contribution in [3.8, 4) is 5.75 Å². The number of methoxy groups -OCH3 is 2. The molecule has 1 amide bonds. The van der Waals surface area contributed by atoms with E-state index < -0.39 is 11.9 Å². The highest BCUT2D eigenvalue weighted by Gasteiger charge is 2.16. The molecule has 1 heterocycles. The summed E-state index contributed by atoms with van der Waals surface area (Å²) in [6.07, 6.45) is 0.794. The molecule has 0 bridgehead atoms. The Bertz CT molecular complexity index is 1090. The summed E-state index contributed by atoms with van der Waals surface area (Å²) >= 11 is 0. The normalized spacial score (nSPS) is 10.3. The molecule has 0 radical (unpaired) electrons. The summed E-state index contributed by atoms with van der Waals surface area (Å²) in [6.45, 7) is -0.171. The molecule has 1 aromatic heterocycles. The van der Waals surface area contributed by atoms with Crippen molar-refractivity contribution in [1.82, 2.24) is 0 Å². The number of aryl methyl sites for hydroxylation is 1. The first kappa shape index (κ1) is 22.6. The molecule has 0 saturated carbocycles. The van der Waals surface area contributed by atoms with Gasteiger partial charge in [-0.25, -0.2) is 9.59 Å². The van der Waals surface area contributed by atoms with E-state index in [1.165, 1.54) is 19.2 Å². The van der Waals surface area contributed by atoms with Gasteiger partial charge < -0.3 is 23.9 Å². The fourth-order valence-electron chi connectivity index (χ4n) is 2.91. The number of rotatable bonds is 9. The fourth-order valence-corrected chi connectivity index (χ4v) is 2.91. The minimum absolute atomic E-state index is 0.0167. The number of nitrogens with one attached hydrogen (secondary N) is 1. The summed E-state index contributed by atoms with van der Waals surface area (Å²) < 4.78 is 20.2. The van der Waals surface area contributed by atoms with E-state index in [2.05, 4.69) is 10.1 Å². The van der Waals surface area contributed by atoms with Crippen LogP contribution in [0.3, 0.4) is 0 Å². The van der Waals surface area contributed by atoms with Crippen LogP contribution in [0, 0.1) is 0 Å². The van der Waals surface area contributed by atoms with E-state index in [9.17, 15) is 14.4 Å². The predicted molar refractivity (Wildman–Crippen MR) is 116 cm³/mol. The van der Waals surface area contributed by atoms with Gasteiger partial charge in [-0.2, -0.15) is 0 Å². The Kier molecular flexibility index (Phi) is 7.64. The van der Waals surface area contributed by atoms with E-state index in [4.69, 9.17) is 13.9 Å². The molecule has 0 aliphatic heterocycles. The number of amides is 1. The van der Waals surface area contributed by atoms with Crippen LogP contribution in [0.1, 0.15) is 38.7 Å². The molecule has 32 heavy (non-hydrogen) atoms. The molecular formula is C24H23NO7. The lowest BCUT2D eigenvalue weighted by Gasteiger charge is -2.11. The number of carbonyl (C=O) groups is 3. The van der Waals surface area contributed by atoms with Crippen molar-refractivity contribution in [2.75, 3.05) is 19.5 Å². The van der Waals surface area contributed by atoms with Gasteiger partial charge >= 0.3 is 11.9 Å². The van der Waals surface area contributed by atoms with Crippen LogP contribution < -0.4 is 10.1 Å². The Morgan fingerprint density at radius 3 is 2.38 bits per heavy atom. The summed E-state index contributed by atoms with van der Waals surface area (Å²) in [5.41, 5.74) is 1.57. The van der Waals surface area contributed by atoms with E-state index >= 15 is 0 Å². The van der Waals surface area contributed by atoms with Crippen molar-refractivity contribution >= 4 is 23.5 Å². The first-order chi connectivity index (χ1) is 15.5. The predicted octanol–water partition coefficient (Wildman–Crippen LogP) is 4.00. The third-order valence-corrected chi connectivity index (χ3v) is 4.61. The summed E-state index contributed by atoms with van der Waals surface area (Å²) in [5, 5.41) is 2.76. The van der Waals surface area contributed by atoms with Crippen LogP contribution in [0.15, 0.2) is 65.1 Å². The highest BCUT2D eigenvalue weighted by atomic mass is 16.6. The molecule has 8 nitrogen and oxygen atoms in total. The largest absolute Gasteiger partial charge is 0.497 e. The molecule has 0 unspecified atom stereocenters. The monoisotopic (exact) mass is 437 g/mol. The SMILES string of the molecule is COC(=O)c1ccc(COC(=O)c2ccccc2NC(=O)CCc2ccc(OC)cc2)o1. The molecule has 1 N–H and O–H groups in total. The van der Waals surface area contributed by atoms with Crippen molar-refractivity contribution in [2.45, 2.75) is 19.4 Å². The number of esters is 2. The Labute approximate surface area is 185 Å². The van der Waals surface area contributed by atoms with E-state index in [1.807, 2.05) is 24.3 Å². The zero-order valence-corrected chi connectivity index (χ0v) is 17.8. The maximum absolute atomic E-state index is 12.5. The number of benzene rings is 2. The molecule has 0 atom stereocenters. The number of carbonyl (C=O) groups excluding carboxylic acids is 3. The number of ether oxygens (including phenoxy) is 3. The standard InChI is InChI=1S/C24H23NO7/c1-29-17-10-7-16(8-11-17)9-14-22(26)25-20-6-4-3-5-19(20)23(27)31-15-18-12-13-21(32-18)24(28)30-2/h3-8,10-13H,9,14-15H2,1-2H3,(H,25,26). The Morgan fingerprint density at radius 1 is 0.906 bits per heavy atom. The zero-order chi connectivity index (χ0) is 22.9. The molecule has 0 saturated heterocycles. The van der Waals surface area contributed by atoms with Gasteiger partial charge in [-0.3, -0.25) is 4.79 Å². The van der Waals surface area contributed by atoms with Crippen LogP contribution in [0.25, 0.3) is 0 Å². The first-order valence-electron chi connectivity index (χ1n) is 9.86. The highest BCUT2D eigenvalue weighted by Crippen LogP contribution is 2.19. The molecule has 3 aromatic rings. The summed E-state index contributed by atoms with van der Waals surface area (Å²) in [7, 11) is 2.84. The summed E-state index contributed by atoms with van der Waals surface area (Å²) in [5.74, 6) is -0.420. The minimum Gasteiger partial charge on any atom is -0.497 e. The number of furan rings is 1. The quantitative estimate of drug-likeness (QED) is 0.505. The van der Waals surface area contributed by atoms with Crippen LogP contribution in [-0.2, 0) is 27.3 Å². The van der Waals surface area contributed by atoms with Crippen LogP contribution >= 0.6 is 0 Å². The van der Waals surface area contributed by atoms with Gasteiger partial charge in [-0.1, -0.05) is 24.3 Å². The van der Waals surface area contributed by atoms with Gasteiger partial charge in [0.15, 0.2) is 0 Å². The minimum atomic E-state index is -0.632. The maximum Gasteiger partial charge on any atom is 0.373 e. The second kappa shape index (κ2) is 10.8. The molecule has 3 rings (SSSR count). The van der Waals surface area contributed by atoms with Gasteiger partial charge in [-0.15, -0.1) is 0 Å². The lowest BCUT2D eigenvalue weighted by Crippen LogP contribution is -2.16. The summed E-state index contributed by atoms with van der Waals surface area (Å²) in [6, 6.07) is 17.0. The van der Waals surface area contributed by atoms with Crippen molar-refractivity contribution < 1.29 is 33.0 Å². The van der Waals surface area contributed by atoms with Crippen molar-refractivity contribution in [3.63, 3.8) is 0 Å². The highest BCUT2D eigenvalue weighted by molar-refractivity contribution is 6.01. The second-order valence-electron chi connectivity index (χ2n) is 6.78. The van der Waals surface area contributed by atoms with E-state index in [0.717, 1.165) is 11.3 Å². The summed E-state index contributed by atoms with van der Waals surface area (Å²) in [4.78, 5) is 36.4. The lowest BCUT2D eigenvalue weighted by atomic mass is 10.1. The van der Waals surface area contributed by atoms with Crippen molar-refractivity contribution in [3.05, 3.63) is 83.3 Å². The van der Waals surface area contributed by atoms with Gasteiger partial charge in [-0.05, 0) is 48.4 Å². The fraction of sp³-hybridized carbons (Fsp3) is 0.208. The first-order valence-corrected chi connectivity index (χ1v) is 9.86. The molecule has 2 aromatic carbocycles. The van der Waals surface area contributed by atoms with Crippen LogP contribution in [-0.4, -0.2) is 32.1 Å². The van der Waals surface area contributed by atoms with Crippen LogP contribution in [0.2, 0.25) is 0 Å². The number of para-hydroxylation sites is 1. The van der Waals surface area contributed by atoms with Gasteiger partial charge in [0.1, 0.15) is 18.1 Å². The third-order valence-electron chi connectivity index (χ3n) is 4.61. The van der Waals surface area contributed by atoms with Gasteiger partial charge in [0.05, 0.1) is 25.5 Å². The van der Waals surface area contributed by atoms with Crippen molar-refractivity contribution in [1.29, 1.82) is 0 Å². The third kappa shape index (κ3) is 5.98. The molecule has 0 aliphatic rings. The van der Waals surface area contributed by atoms with Gasteiger partial charge in [0, 0.05) is 6.42 Å². The van der Waals surface area contributed by atoms with E-state index in [-0.39, 0.29) is 30.3 Å². The van der Waals surface area contributed by atoms with Gasteiger partial charge in [0.25, 0.3) is 0 Å². The van der Waals surface area contributed by atoms with Crippen LogP contribution in [0.4, 0.5) is 5.69 Å². The average molecular weight is 437 g/mol. The van der Waals surface area contributed by atoms with E-state index in [0.29, 0.717) is 17.9 Å². The average Bonchev–Trinajstić information content (AvgIpc) is 3.30. The molecule has 0 aliphatic carbocycles. The van der Waals surface area contributed by atoms with Gasteiger partial charge in [0.2, 0.25) is 11.7 Å². The molecule has 0 spiro atoms. The number of hydrogen-bond acceptors (Lipinski definition) is 7. The van der Waals surface area contributed by atoms with Crippen LogP contribution in [0.5, 0.6) is 5.75 Å². The number of hydrogen-bond donors (Lipinski definition) is 1. The Hall–Kier alpha value is -4.07. The van der Waals surface area contributed by atoms with E-state index in [1.54, 1.807) is 31.4 Å². The molecular weight excluding hydrogens is 414 g/mol. The number of anilines is 1. The Morgan fingerprint density at radius 2 is 1.66 bits per heavy atom. The molecule has 8 heteroatoms. The topological polar surface area (TPSA) is 104 Å². The maximum atomic E-state index is 12.5.